The maximum atomic E-state index is 13.1. The molecule has 180 valence electrons. The molecule has 0 unspecified atom stereocenters. The zero-order chi connectivity index (χ0) is 23.7. The molecule has 2 aliphatic rings. The predicted molar refractivity (Wildman–Crippen MR) is 116 cm³/mol. The number of amides is 4. The zero-order valence-corrected chi connectivity index (χ0v) is 19.0. The lowest BCUT2D eigenvalue weighted by molar-refractivity contribution is -0.139. The van der Waals surface area contributed by atoms with Crippen LogP contribution in [-0.2, 0) is 23.9 Å². The Kier molecular flexibility index (Phi) is 9.93. The van der Waals surface area contributed by atoms with E-state index < -0.39 is 41.7 Å². The highest BCUT2D eigenvalue weighted by atomic mass is 16.5. The number of alkyl carbamates (subject to hydrolysis) is 1. The highest BCUT2D eigenvalue weighted by Gasteiger charge is 2.35. The number of carbonyl (C=O) groups is 5. The Balaban J connectivity index is 2.09. The largest absolute Gasteiger partial charge is 0.449 e. The summed E-state index contributed by atoms with van der Waals surface area (Å²) in [6, 6.07) is -2.14. The van der Waals surface area contributed by atoms with Gasteiger partial charge in [0.25, 0.3) is 5.91 Å². The molecule has 0 aromatic rings. The first-order valence-electron chi connectivity index (χ1n) is 11.5. The number of primary amides is 1. The summed E-state index contributed by atoms with van der Waals surface area (Å²) in [5.74, 6) is -3.05. The molecule has 0 aromatic carbocycles. The van der Waals surface area contributed by atoms with Gasteiger partial charge in [-0.05, 0) is 31.1 Å². The second kappa shape index (κ2) is 12.4. The summed E-state index contributed by atoms with van der Waals surface area (Å²) in [4.78, 5) is 61.1. The molecule has 32 heavy (non-hydrogen) atoms. The van der Waals surface area contributed by atoms with Crippen molar-refractivity contribution in [3.8, 4) is 0 Å². The molecular weight excluding hydrogens is 416 g/mol. The van der Waals surface area contributed by atoms with Crippen molar-refractivity contribution in [2.45, 2.75) is 77.3 Å². The SMILES string of the molecule is CC(C)COC(=O)N[C@@H](CC1CCCCC1)C(=O)N[C@@H](C[C@@H]1CCNC1=O)C(=O)C(N)=O. The summed E-state index contributed by atoms with van der Waals surface area (Å²) in [5.41, 5.74) is 5.17. The van der Waals surface area contributed by atoms with Crippen LogP contribution in [0, 0.1) is 17.8 Å². The Morgan fingerprint density at radius 2 is 1.72 bits per heavy atom. The van der Waals surface area contributed by atoms with Gasteiger partial charge in [0.1, 0.15) is 6.04 Å². The number of nitrogens with two attached hydrogens (primary N) is 1. The summed E-state index contributed by atoms with van der Waals surface area (Å²) >= 11 is 0. The quantitative estimate of drug-likeness (QED) is 0.339. The number of nitrogens with one attached hydrogen (secondary N) is 3. The Labute approximate surface area is 188 Å². The fraction of sp³-hybridized carbons (Fsp3) is 0.773. The molecular formula is C22H36N4O6. The first-order valence-corrected chi connectivity index (χ1v) is 11.5. The summed E-state index contributed by atoms with van der Waals surface area (Å²) in [5, 5.41) is 7.85. The third kappa shape index (κ3) is 8.12. The van der Waals surface area contributed by atoms with Gasteiger partial charge in [0, 0.05) is 12.5 Å². The van der Waals surface area contributed by atoms with Gasteiger partial charge in [0.15, 0.2) is 0 Å². The van der Waals surface area contributed by atoms with Crippen LogP contribution in [0.1, 0.15) is 65.2 Å². The van der Waals surface area contributed by atoms with Crippen LogP contribution < -0.4 is 21.7 Å². The summed E-state index contributed by atoms with van der Waals surface area (Å²) in [7, 11) is 0. The first kappa shape index (κ1) is 25.6. The van der Waals surface area contributed by atoms with Crippen LogP contribution in [0.2, 0.25) is 0 Å². The van der Waals surface area contributed by atoms with Crippen molar-refractivity contribution in [3.05, 3.63) is 0 Å². The lowest BCUT2D eigenvalue weighted by Crippen LogP contribution is -2.54. The maximum absolute atomic E-state index is 13.1. The van der Waals surface area contributed by atoms with Gasteiger partial charge in [-0.1, -0.05) is 46.0 Å². The van der Waals surface area contributed by atoms with E-state index in [0.717, 1.165) is 32.1 Å². The summed E-state index contributed by atoms with van der Waals surface area (Å²) < 4.78 is 5.16. The molecule has 1 aliphatic carbocycles. The minimum absolute atomic E-state index is 0.0205. The van der Waals surface area contributed by atoms with Gasteiger partial charge in [-0.2, -0.15) is 0 Å². The standard InChI is InChI=1S/C22H36N4O6/c1-13(2)12-32-22(31)26-17(10-14-6-4-3-5-7-14)21(30)25-16(18(27)19(23)28)11-15-8-9-24-20(15)29/h13-17H,3-12H2,1-2H3,(H2,23,28)(H,24,29)(H,25,30)(H,26,31)/t15-,16-,17-/m0/s1. The van der Waals surface area contributed by atoms with E-state index in [2.05, 4.69) is 16.0 Å². The van der Waals surface area contributed by atoms with Gasteiger partial charge in [-0.3, -0.25) is 19.2 Å². The average molecular weight is 453 g/mol. The van der Waals surface area contributed by atoms with E-state index in [1.807, 2.05) is 13.8 Å². The molecule has 0 spiro atoms. The van der Waals surface area contributed by atoms with E-state index in [9.17, 15) is 24.0 Å². The van der Waals surface area contributed by atoms with Gasteiger partial charge >= 0.3 is 6.09 Å². The topological polar surface area (TPSA) is 157 Å². The fourth-order valence-electron chi connectivity index (χ4n) is 4.24. The Bertz CT molecular complexity index is 705. The minimum atomic E-state index is -1.23. The number of ether oxygens (including phenoxy) is 1. The number of ketones is 1. The number of carbonyl (C=O) groups excluding carboxylic acids is 5. The van der Waals surface area contributed by atoms with Crippen LogP contribution >= 0.6 is 0 Å². The van der Waals surface area contributed by atoms with Crippen molar-refractivity contribution in [1.82, 2.24) is 16.0 Å². The van der Waals surface area contributed by atoms with Gasteiger partial charge in [0.2, 0.25) is 17.6 Å². The van der Waals surface area contributed by atoms with Gasteiger partial charge in [0.05, 0.1) is 12.6 Å². The fourth-order valence-corrected chi connectivity index (χ4v) is 4.24. The van der Waals surface area contributed by atoms with E-state index >= 15 is 0 Å². The first-order chi connectivity index (χ1) is 15.2. The molecule has 3 atom stereocenters. The van der Waals surface area contributed by atoms with Gasteiger partial charge < -0.3 is 26.4 Å². The second-order valence-corrected chi connectivity index (χ2v) is 9.23. The monoisotopic (exact) mass is 452 g/mol. The van der Waals surface area contributed by atoms with Crippen LogP contribution in [0.25, 0.3) is 0 Å². The summed E-state index contributed by atoms with van der Waals surface area (Å²) in [6.07, 6.45) is 5.38. The molecule has 1 aliphatic heterocycles. The molecule has 4 amide bonds. The molecule has 10 heteroatoms. The molecule has 1 saturated carbocycles. The van der Waals surface area contributed by atoms with Crippen molar-refractivity contribution in [1.29, 1.82) is 0 Å². The Morgan fingerprint density at radius 1 is 1.03 bits per heavy atom. The molecule has 1 heterocycles. The third-order valence-corrected chi connectivity index (χ3v) is 6.01. The maximum Gasteiger partial charge on any atom is 0.407 e. The lowest BCUT2D eigenvalue weighted by Gasteiger charge is -2.28. The molecule has 10 nitrogen and oxygen atoms in total. The molecule has 2 rings (SSSR count). The van der Waals surface area contributed by atoms with E-state index in [1.165, 1.54) is 0 Å². The number of hydrogen-bond acceptors (Lipinski definition) is 6. The second-order valence-electron chi connectivity index (χ2n) is 9.23. The van der Waals surface area contributed by atoms with Crippen LogP contribution in [-0.4, -0.2) is 54.8 Å². The van der Waals surface area contributed by atoms with Crippen LogP contribution in [0.15, 0.2) is 0 Å². The van der Waals surface area contributed by atoms with Gasteiger partial charge in [-0.25, -0.2) is 4.79 Å². The average Bonchev–Trinajstić information content (AvgIpc) is 3.15. The smallest absolute Gasteiger partial charge is 0.407 e. The predicted octanol–water partition coefficient (Wildman–Crippen LogP) is 0.773. The zero-order valence-electron chi connectivity index (χ0n) is 19.0. The normalized spacial score (nSPS) is 20.8. The van der Waals surface area contributed by atoms with E-state index in [-0.39, 0.29) is 30.8 Å². The van der Waals surface area contributed by atoms with Crippen LogP contribution in [0.3, 0.4) is 0 Å². The lowest BCUT2D eigenvalue weighted by atomic mass is 9.84. The van der Waals surface area contributed by atoms with Crippen molar-refractivity contribution in [3.63, 3.8) is 0 Å². The molecule has 5 N–H and O–H groups in total. The third-order valence-electron chi connectivity index (χ3n) is 6.01. The number of rotatable bonds is 11. The molecule has 0 bridgehead atoms. The van der Waals surface area contributed by atoms with E-state index in [4.69, 9.17) is 10.5 Å². The van der Waals surface area contributed by atoms with Crippen molar-refractivity contribution < 1.29 is 28.7 Å². The van der Waals surface area contributed by atoms with E-state index in [1.54, 1.807) is 0 Å². The highest BCUT2D eigenvalue weighted by Crippen LogP contribution is 2.27. The molecule has 0 radical (unpaired) electrons. The number of Topliss-reactive ketones (excluding diaryl/α,β-unsaturated/α-hetero) is 1. The minimum Gasteiger partial charge on any atom is -0.449 e. The molecule has 1 saturated heterocycles. The summed E-state index contributed by atoms with van der Waals surface area (Å²) in [6.45, 7) is 4.49. The van der Waals surface area contributed by atoms with Crippen molar-refractivity contribution in [2.24, 2.45) is 23.5 Å². The molecule has 0 aromatic heterocycles. The van der Waals surface area contributed by atoms with Crippen molar-refractivity contribution >= 4 is 29.6 Å². The molecule has 2 fully saturated rings. The van der Waals surface area contributed by atoms with Crippen LogP contribution in [0.5, 0.6) is 0 Å². The number of hydrogen-bond donors (Lipinski definition) is 4. The Hall–Kier alpha value is -2.65. The van der Waals surface area contributed by atoms with E-state index in [0.29, 0.717) is 19.4 Å². The van der Waals surface area contributed by atoms with Crippen molar-refractivity contribution in [2.75, 3.05) is 13.2 Å². The Morgan fingerprint density at radius 3 is 2.28 bits per heavy atom. The van der Waals surface area contributed by atoms with Gasteiger partial charge in [-0.15, -0.1) is 0 Å². The highest BCUT2D eigenvalue weighted by molar-refractivity contribution is 6.37. The van der Waals surface area contributed by atoms with Crippen LogP contribution in [0.4, 0.5) is 4.79 Å².